The number of aryl methyl sites for hydroxylation is 1. The van der Waals surface area contributed by atoms with Crippen molar-refractivity contribution in [1.29, 1.82) is 0 Å². The lowest BCUT2D eigenvalue weighted by atomic mass is 9.87. The Bertz CT molecular complexity index is 628. The van der Waals surface area contributed by atoms with Gasteiger partial charge in [-0.3, -0.25) is 0 Å². The molecule has 2 aromatic rings. The first kappa shape index (κ1) is 16.0. The summed E-state index contributed by atoms with van der Waals surface area (Å²) in [5.74, 6) is 0. The number of benzene rings is 1. The van der Waals surface area contributed by atoms with Crippen LogP contribution >= 0.6 is 11.8 Å². The minimum absolute atomic E-state index is 0.172. The van der Waals surface area contributed by atoms with E-state index in [1.807, 2.05) is 6.92 Å². The van der Waals surface area contributed by atoms with Gasteiger partial charge < -0.3 is 5.73 Å². The molecule has 112 valence electrons. The molecule has 0 spiro atoms. The molecule has 0 unspecified atom stereocenters. The van der Waals surface area contributed by atoms with E-state index in [-0.39, 0.29) is 5.41 Å². The molecule has 0 aliphatic carbocycles. The summed E-state index contributed by atoms with van der Waals surface area (Å²) < 4.78 is 0. The van der Waals surface area contributed by atoms with E-state index < -0.39 is 0 Å². The second-order valence-corrected chi connectivity index (χ2v) is 7.34. The maximum atomic E-state index is 5.87. The SMILES string of the molecule is Cc1nnc(Sc2ccc(C(C)(C)C)cc2)c(CN)c1C. The van der Waals surface area contributed by atoms with Gasteiger partial charge in [-0.1, -0.05) is 44.7 Å². The van der Waals surface area contributed by atoms with Gasteiger partial charge in [0.1, 0.15) is 5.03 Å². The van der Waals surface area contributed by atoms with Gasteiger partial charge in [-0.25, -0.2) is 0 Å². The number of nitrogens with two attached hydrogens (primary N) is 1. The van der Waals surface area contributed by atoms with Crippen LogP contribution in [-0.2, 0) is 12.0 Å². The van der Waals surface area contributed by atoms with Crippen molar-refractivity contribution in [3.8, 4) is 0 Å². The van der Waals surface area contributed by atoms with Gasteiger partial charge in [-0.2, -0.15) is 5.10 Å². The summed E-state index contributed by atoms with van der Waals surface area (Å²) in [6.07, 6.45) is 0. The van der Waals surface area contributed by atoms with Crippen molar-refractivity contribution in [3.05, 3.63) is 46.6 Å². The topological polar surface area (TPSA) is 51.8 Å². The molecular formula is C17H23N3S. The van der Waals surface area contributed by atoms with E-state index in [0.29, 0.717) is 6.54 Å². The van der Waals surface area contributed by atoms with E-state index in [9.17, 15) is 0 Å². The molecule has 0 atom stereocenters. The third-order valence-corrected chi connectivity index (χ3v) is 4.71. The molecule has 1 heterocycles. The molecule has 0 bridgehead atoms. The molecule has 0 amide bonds. The predicted molar refractivity (Wildman–Crippen MR) is 88.7 cm³/mol. The maximum absolute atomic E-state index is 5.87. The lowest BCUT2D eigenvalue weighted by Gasteiger charge is -2.19. The Hall–Kier alpha value is -1.39. The third kappa shape index (κ3) is 3.63. The highest BCUT2D eigenvalue weighted by atomic mass is 32.2. The van der Waals surface area contributed by atoms with Crippen LogP contribution in [0.4, 0.5) is 0 Å². The second kappa shape index (κ2) is 6.16. The summed E-state index contributed by atoms with van der Waals surface area (Å²) in [5.41, 5.74) is 10.6. The predicted octanol–water partition coefficient (Wildman–Crippen LogP) is 4.00. The minimum Gasteiger partial charge on any atom is -0.326 e. The number of aromatic nitrogens is 2. The van der Waals surface area contributed by atoms with Crippen molar-refractivity contribution < 1.29 is 0 Å². The zero-order valence-corrected chi connectivity index (χ0v) is 14.2. The Balaban J connectivity index is 2.29. The van der Waals surface area contributed by atoms with Gasteiger partial charge in [-0.05, 0) is 42.5 Å². The minimum atomic E-state index is 0.172. The molecule has 0 fully saturated rings. The van der Waals surface area contributed by atoms with E-state index in [0.717, 1.165) is 26.7 Å². The van der Waals surface area contributed by atoms with Crippen LogP contribution in [0, 0.1) is 13.8 Å². The maximum Gasteiger partial charge on any atom is 0.128 e. The van der Waals surface area contributed by atoms with Crippen LogP contribution in [0.3, 0.4) is 0 Å². The highest BCUT2D eigenvalue weighted by Gasteiger charge is 2.14. The van der Waals surface area contributed by atoms with Crippen LogP contribution in [0.15, 0.2) is 34.2 Å². The molecule has 0 radical (unpaired) electrons. The Kier molecular flexibility index (Phi) is 4.69. The highest BCUT2D eigenvalue weighted by Crippen LogP contribution is 2.32. The lowest BCUT2D eigenvalue weighted by Crippen LogP contribution is -2.10. The second-order valence-electron chi connectivity index (χ2n) is 6.27. The Morgan fingerprint density at radius 2 is 1.67 bits per heavy atom. The summed E-state index contributed by atoms with van der Waals surface area (Å²) in [7, 11) is 0. The monoisotopic (exact) mass is 301 g/mol. The van der Waals surface area contributed by atoms with Crippen molar-refractivity contribution >= 4 is 11.8 Å². The van der Waals surface area contributed by atoms with Crippen LogP contribution in [0.2, 0.25) is 0 Å². The van der Waals surface area contributed by atoms with Crippen LogP contribution in [0.5, 0.6) is 0 Å². The number of hydrogen-bond donors (Lipinski definition) is 1. The van der Waals surface area contributed by atoms with E-state index in [2.05, 4.69) is 62.2 Å². The first-order chi connectivity index (χ1) is 9.82. The molecule has 0 aliphatic heterocycles. The van der Waals surface area contributed by atoms with Gasteiger partial charge in [0.2, 0.25) is 0 Å². The van der Waals surface area contributed by atoms with Gasteiger partial charge >= 0.3 is 0 Å². The van der Waals surface area contributed by atoms with Crippen molar-refractivity contribution in [1.82, 2.24) is 10.2 Å². The van der Waals surface area contributed by atoms with Crippen molar-refractivity contribution in [2.75, 3.05) is 0 Å². The molecular weight excluding hydrogens is 278 g/mol. The molecule has 0 aliphatic rings. The molecule has 0 saturated heterocycles. The average molecular weight is 301 g/mol. The standard InChI is InChI=1S/C17H23N3S/c1-11-12(2)19-20-16(15(11)10-18)21-14-8-6-13(7-9-14)17(3,4)5/h6-9H,10,18H2,1-5H3. The summed E-state index contributed by atoms with van der Waals surface area (Å²) >= 11 is 1.63. The van der Waals surface area contributed by atoms with Crippen LogP contribution < -0.4 is 5.73 Å². The molecule has 1 aromatic carbocycles. The number of nitrogens with zero attached hydrogens (tertiary/aromatic N) is 2. The fourth-order valence-electron chi connectivity index (χ4n) is 2.09. The van der Waals surface area contributed by atoms with Gasteiger partial charge in [-0.15, -0.1) is 5.10 Å². The first-order valence-electron chi connectivity index (χ1n) is 7.14. The van der Waals surface area contributed by atoms with Crippen molar-refractivity contribution in [2.45, 2.75) is 56.5 Å². The van der Waals surface area contributed by atoms with Crippen LogP contribution in [-0.4, -0.2) is 10.2 Å². The van der Waals surface area contributed by atoms with Gasteiger partial charge in [0.05, 0.1) is 5.69 Å². The Labute approximate surface area is 131 Å². The van der Waals surface area contributed by atoms with E-state index in [4.69, 9.17) is 5.73 Å². The van der Waals surface area contributed by atoms with Crippen LogP contribution in [0.1, 0.15) is 43.2 Å². The fraction of sp³-hybridized carbons (Fsp3) is 0.412. The average Bonchev–Trinajstić information content (AvgIpc) is 2.43. The lowest BCUT2D eigenvalue weighted by molar-refractivity contribution is 0.590. The van der Waals surface area contributed by atoms with Crippen molar-refractivity contribution in [3.63, 3.8) is 0 Å². The smallest absolute Gasteiger partial charge is 0.128 e. The summed E-state index contributed by atoms with van der Waals surface area (Å²) in [5, 5.41) is 9.43. The molecule has 2 rings (SSSR count). The normalized spacial score (nSPS) is 11.7. The molecule has 21 heavy (non-hydrogen) atoms. The molecule has 2 N–H and O–H groups in total. The van der Waals surface area contributed by atoms with Crippen molar-refractivity contribution in [2.24, 2.45) is 5.73 Å². The molecule has 0 saturated carbocycles. The van der Waals surface area contributed by atoms with E-state index >= 15 is 0 Å². The molecule has 3 nitrogen and oxygen atoms in total. The first-order valence-corrected chi connectivity index (χ1v) is 7.96. The van der Waals surface area contributed by atoms with Crippen LogP contribution in [0.25, 0.3) is 0 Å². The molecule has 4 heteroatoms. The van der Waals surface area contributed by atoms with Gasteiger partial charge in [0.25, 0.3) is 0 Å². The van der Waals surface area contributed by atoms with Gasteiger partial charge in [0.15, 0.2) is 0 Å². The quantitative estimate of drug-likeness (QED) is 0.931. The Morgan fingerprint density at radius 1 is 1.05 bits per heavy atom. The fourth-order valence-corrected chi connectivity index (χ4v) is 3.03. The summed E-state index contributed by atoms with van der Waals surface area (Å²) in [4.78, 5) is 1.16. The van der Waals surface area contributed by atoms with Gasteiger partial charge in [0, 0.05) is 17.0 Å². The van der Waals surface area contributed by atoms with E-state index in [1.165, 1.54) is 5.56 Å². The third-order valence-electron chi connectivity index (χ3n) is 3.68. The summed E-state index contributed by atoms with van der Waals surface area (Å²) in [6.45, 7) is 11.2. The summed E-state index contributed by atoms with van der Waals surface area (Å²) in [6, 6.07) is 8.64. The zero-order chi connectivity index (χ0) is 15.6. The largest absolute Gasteiger partial charge is 0.326 e. The highest BCUT2D eigenvalue weighted by molar-refractivity contribution is 7.99. The number of hydrogen-bond acceptors (Lipinski definition) is 4. The number of rotatable bonds is 3. The Morgan fingerprint density at radius 3 is 2.19 bits per heavy atom. The van der Waals surface area contributed by atoms with E-state index in [1.54, 1.807) is 11.8 Å². The molecule has 1 aromatic heterocycles. The zero-order valence-electron chi connectivity index (χ0n) is 13.4.